The Morgan fingerprint density at radius 3 is 2.54 bits per heavy atom. The number of rotatable bonds is 3. The van der Waals surface area contributed by atoms with Gasteiger partial charge in [0.15, 0.2) is 0 Å². The predicted octanol–water partition coefficient (Wildman–Crippen LogP) is 5.84. The molecule has 1 heteroatoms. The van der Waals surface area contributed by atoms with Crippen LogP contribution in [0.15, 0.2) is 36.4 Å². The van der Waals surface area contributed by atoms with Gasteiger partial charge in [0, 0.05) is 24.0 Å². The number of aryl methyl sites for hydroxylation is 2. The lowest BCUT2D eigenvalue weighted by Crippen LogP contribution is -2.22. The first-order valence-corrected chi connectivity index (χ1v) is 9.01. The van der Waals surface area contributed by atoms with E-state index >= 15 is 0 Å². The van der Waals surface area contributed by atoms with Crippen molar-refractivity contribution < 1.29 is 0 Å². The summed E-state index contributed by atoms with van der Waals surface area (Å²) in [5.74, 6) is 0.689. The van der Waals surface area contributed by atoms with Crippen molar-refractivity contribution in [1.82, 2.24) is 0 Å². The van der Waals surface area contributed by atoms with Gasteiger partial charge in [-0.3, -0.25) is 0 Å². The van der Waals surface area contributed by atoms with Crippen LogP contribution in [0.3, 0.4) is 0 Å². The van der Waals surface area contributed by atoms with Crippen LogP contribution in [0.25, 0.3) is 5.70 Å². The van der Waals surface area contributed by atoms with Crippen LogP contribution in [0.1, 0.15) is 47.2 Å². The summed E-state index contributed by atoms with van der Waals surface area (Å²) in [7, 11) is 2.21. The molecule has 0 atom stereocenters. The molecule has 0 amide bonds. The summed E-state index contributed by atoms with van der Waals surface area (Å²) in [6.45, 7) is 11.2. The second-order valence-electron chi connectivity index (χ2n) is 7.62. The smallest absolute Gasteiger partial charge is 0.0447 e. The van der Waals surface area contributed by atoms with E-state index in [1.807, 2.05) is 0 Å². The van der Waals surface area contributed by atoms with E-state index in [0.717, 1.165) is 12.8 Å². The lowest BCUT2D eigenvalue weighted by Gasteiger charge is -2.32. The minimum absolute atomic E-state index is 0.689. The van der Waals surface area contributed by atoms with Gasteiger partial charge in [-0.2, -0.15) is 0 Å². The number of hydrogen-bond acceptors (Lipinski definition) is 1. The summed E-state index contributed by atoms with van der Waals surface area (Å²) in [5.41, 5.74) is 11.2. The largest absolute Gasteiger partial charge is 0.344 e. The minimum atomic E-state index is 0.689. The molecule has 1 nitrogen and oxygen atoms in total. The van der Waals surface area contributed by atoms with E-state index in [9.17, 15) is 0 Å². The zero-order valence-electron chi connectivity index (χ0n) is 15.9. The van der Waals surface area contributed by atoms with Crippen molar-refractivity contribution in [2.75, 3.05) is 11.9 Å². The Kier molecular flexibility index (Phi) is 4.54. The lowest BCUT2D eigenvalue weighted by molar-refractivity contribution is 0.643. The van der Waals surface area contributed by atoms with Crippen LogP contribution in [0.4, 0.5) is 5.69 Å². The molecular weight excluding hydrogens is 290 g/mol. The summed E-state index contributed by atoms with van der Waals surface area (Å²) < 4.78 is 0. The molecule has 0 aliphatic carbocycles. The van der Waals surface area contributed by atoms with Crippen LogP contribution in [0.2, 0.25) is 0 Å². The van der Waals surface area contributed by atoms with Gasteiger partial charge >= 0.3 is 0 Å². The fraction of sp³-hybridized carbons (Fsp3) is 0.391. The number of hydrogen-bond donors (Lipinski definition) is 0. The van der Waals surface area contributed by atoms with E-state index in [4.69, 9.17) is 0 Å². The van der Waals surface area contributed by atoms with Crippen molar-refractivity contribution in [3.05, 3.63) is 69.8 Å². The van der Waals surface area contributed by atoms with Crippen LogP contribution in [0.5, 0.6) is 0 Å². The van der Waals surface area contributed by atoms with Gasteiger partial charge in [0.1, 0.15) is 0 Å². The number of allylic oxidation sites excluding steroid dienone is 1. The van der Waals surface area contributed by atoms with Gasteiger partial charge < -0.3 is 4.90 Å². The maximum Gasteiger partial charge on any atom is 0.0447 e. The first kappa shape index (κ1) is 16.8. The third-order valence-electron chi connectivity index (χ3n) is 5.19. The van der Waals surface area contributed by atoms with E-state index in [1.54, 1.807) is 0 Å². The fourth-order valence-electron chi connectivity index (χ4n) is 3.86. The second kappa shape index (κ2) is 6.47. The topological polar surface area (TPSA) is 3.24 Å². The first-order chi connectivity index (χ1) is 11.4. The van der Waals surface area contributed by atoms with Gasteiger partial charge in [0.25, 0.3) is 0 Å². The van der Waals surface area contributed by atoms with Gasteiger partial charge in [-0.15, -0.1) is 0 Å². The molecule has 3 rings (SSSR count). The van der Waals surface area contributed by atoms with Gasteiger partial charge in [-0.05, 0) is 73.9 Å². The molecule has 1 heterocycles. The van der Waals surface area contributed by atoms with Crippen molar-refractivity contribution in [3.63, 3.8) is 0 Å². The van der Waals surface area contributed by atoms with Crippen molar-refractivity contribution >= 4 is 11.4 Å². The molecular formula is C23H29N. The Morgan fingerprint density at radius 1 is 1.08 bits per heavy atom. The minimum Gasteiger partial charge on any atom is -0.344 e. The average molecular weight is 319 g/mol. The fourth-order valence-corrected chi connectivity index (χ4v) is 3.86. The molecule has 2 aromatic carbocycles. The van der Waals surface area contributed by atoms with Crippen LogP contribution in [-0.4, -0.2) is 7.05 Å². The van der Waals surface area contributed by atoms with Gasteiger partial charge in [-0.25, -0.2) is 0 Å². The van der Waals surface area contributed by atoms with E-state index < -0.39 is 0 Å². The molecule has 2 aromatic rings. The molecule has 0 fully saturated rings. The number of anilines is 1. The summed E-state index contributed by atoms with van der Waals surface area (Å²) in [5, 5.41) is 0. The molecule has 0 saturated heterocycles. The Bertz CT molecular complexity index is 796. The maximum absolute atomic E-state index is 2.41. The normalized spacial score (nSPS) is 14.0. The van der Waals surface area contributed by atoms with Crippen LogP contribution in [-0.2, 0) is 12.8 Å². The molecule has 0 bridgehead atoms. The second-order valence-corrected chi connectivity index (χ2v) is 7.62. The van der Waals surface area contributed by atoms with Crippen molar-refractivity contribution in [2.24, 2.45) is 5.92 Å². The van der Waals surface area contributed by atoms with E-state index in [0.29, 0.717) is 5.92 Å². The third kappa shape index (κ3) is 3.00. The van der Waals surface area contributed by atoms with E-state index in [1.165, 1.54) is 44.8 Å². The van der Waals surface area contributed by atoms with E-state index in [2.05, 4.69) is 83.0 Å². The summed E-state index contributed by atoms with van der Waals surface area (Å²) in [6, 6.07) is 11.4. The van der Waals surface area contributed by atoms with Gasteiger partial charge in [0.05, 0.1) is 0 Å². The van der Waals surface area contributed by atoms with Crippen molar-refractivity contribution in [2.45, 2.75) is 47.5 Å². The molecule has 126 valence electrons. The maximum atomic E-state index is 2.41. The molecule has 24 heavy (non-hydrogen) atoms. The van der Waals surface area contributed by atoms with Gasteiger partial charge in [-0.1, -0.05) is 43.7 Å². The average Bonchev–Trinajstić information content (AvgIpc) is 2.52. The highest BCUT2D eigenvalue weighted by Crippen LogP contribution is 2.37. The molecule has 0 saturated carbocycles. The monoisotopic (exact) mass is 319 g/mol. The number of nitrogens with zero attached hydrogens (tertiary/aromatic N) is 1. The third-order valence-corrected chi connectivity index (χ3v) is 5.19. The SMILES string of the molecule is Cc1cc(C)c(C)c(C2=CCc3c(CC(C)C)cccc3N2C)c1. The van der Waals surface area contributed by atoms with Crippen molar-refractivity contribution in [3.8, 4) is 0 Å². The Balaban J connectivity index is 2.05. The van der Waals surface area contributed by atoms with E-state index in [-0.39, 0.29) is 0 Å². The zero-order chi connectivity index (χ0) is 17.4. The standard InChI is InChI=1S/C23H29N/c1-15(2)12-19-8-7-9-22-20(19)10-11-23(24(22)6)21-14-16(3)13-17(4)18(21)5/h7-9,11,13-15H,10,12H2,1-6H3. The first-order valence-electron chi connectivity index (χ1n) is 9.01. The number of benzene rings is 2. The summed E-state index contributed by atoms with van der Waals surface area (Å²) >= 11 is 0. The molecule has 0 N–H and O–H groups in total. The predicted molar refractivity (Wildman–Crippen MR) is 106 cm³/mol. The number of fused-ring (bicyclic) bond motifs is 1. The molecule has 1 aliphatic rings. The van der Waals surface area contributed by atoms with Crippen LogP contribution >= 0.6 is 0 Å². The van der Waals surface area contributed by atoms with Crippen molar-refractivity contribution in [1.29, 1.82) is 0 Å². The quantitative estimate of drug-likeness (QED) is 0.686. The molecule has 0 radical (unpaired) electrons. The zero-order valence-corrected chi connectivity index (χ0v) is 15.9. The Hall–Kier alpha value is -2.02. The van der Waals surface area contributed by atoms with Crippen LogP contribution in [0, 0.1) is 26.7 Å². The highest BCUT2D eigenvalue weighted by molar-refractivity contribution is 5.85. The van der Waals surface area contributed by atoms with Crippen LogP contribution < -0.4 is 4.90 Å². The highest BCUT2D eigenvalue weighted by Gasteiger charge is 2.21. The summed E-state index contributed by atoms with van der Waals surface area (Å²) in [4.78, 5) is 2.38. The Morgan fingerprint density at radius 2 is 1.83 bits per heavy atom. The molecule has 1 aliphatic heterocycles. The molecule has 0 spiro atoms. The Labute approximate surface area is 147 Å². The highest BCUT2D eigenvalue weighted by atomic mass is 15.1. The summed E-state index contributed by atoms with van der Waals surface area (Å²) in [6.07, 6.45) is 4.60. The van der Waals surface area contributed by atoms with Gasteiger partial charge in [0.2, 0.25) is 0 Å². The molecule has 0 unspecified atom stereocenters. The lowest BCUT2D eigenvalue weighted by atomic mass is 9.89. The molecule has 0 aromatic heterocycles.